The molecule has 2 rings (SSSR count). The lowest BCUT2D eigenvalue weighted by Gasteiger charge is -2.09. The standard InChI is InChI=1S/C40H71N3O12/c1-36(2)8-10-44-12-14-46-16-18-48-20-22-50-24-26-52-28-30-54-32-33-55-31-29-53-27-25-51-23-21-49-19-17-47-15-13-45-11-9-43-35-40(41-42-43)39-7-5-6-38(34-39)37(3)4/h5-7,34-37H,8-33H2,1-4H3. The molecule has 15 heteroatoms. The van der Waals surface area contributed by atoms with E-state index in [2.05, 4.69) is 62.3 Å². The van der Waals surface area contributed by atoms with E-state index in [9.17, 15) is 0 Å². The fraction of sp³-hybridized carbons (Fsp3) is 0.800. The van der Waals surface area contributed by atoms with E-state index in [0.717, 1.165) is 24.3 Å². The van der Waals surface area contributed by atoms with Crippen molar-refractivity contribution < 1.29 is 56.8 Å². The number of rotatable bonds is 41. The molecule has 0 unspecified atom stereocenters. The highest BCUT2D eigenvalue weighted by Gasteiger charge is 2.07. The van der Waals surface area contributed by atoms with Crippen LogP contribution < -0.4 is 0 Å². The van der Waals surface area contributed by atoms with Gasteiger partial charge in [-0.15, -0.1) is 5.10 Å². The molecule has 0 aliphatic rings. The first-order valence-corrected chi connectivity index (χ1v) is 20.0. The van der Waals surface area contributed by atoms with Crippen LogP contribution in [0, 0.1) is 5.92 Å². The number of hydrogen-bond acceptors (Lipinski definition) is 14. The molecule has 0 amide bonds. The SMILES string of the molecule is CC(C)CCOCCOCCOCCOCCOCCOCCOCCOCCOCCOCCOCCOCCn1cc(-c2cccc(C(C)C)c2)nn1. The number of aromatic nitrogens is 3. The van der Waals surface area contributed by atoms with Crippen molar-refractivity contribution in [2.45, 2.75) is 46.6 Å². The summed E-state index contributed by atoms with van der Waals surface area (Å²) in [7, 11) is 0. The van der Waals surface area contributed by atoms with Crippen molar-refractivity contribution in [2.75, 3.05) is 159 Å². The summed E-state index contributed by atoms with van der Waals surface area (Å²) < 4.78 is 68.1. The summed E-state index contributed by atoms with van der Waals surface area (Å²) in [6.45, 7) is 22.3. The van der Waals surface area contributed by atoms with Crippen molar-refractivity contribution in [3.8, 4) is 11.3 Å². The van der Waals surface area contributed by atoms with Gasteiger partial charge in [-0.25, -0.2) is 4.68 Å². The predicted molar refractivity (Wildman–Crippen MR) is 209 cm³/mol. The Bertz CT molecular complexity index is 1110. The summed E-state index contributed by atoms with van der Waals surface area (Å²) in [5.41, 5.74) is 3.23. The minimum atomic E-state index is 0.472. The Kier molecular flexibility index (Phi) is 32.3. The molecule has 0 bridgehead atoms. The smallest absolute Gasteiger partial charge is 0.113 e. The van der Waals surface area contributed by atoms with Gasteiger partial charge in [0.2, 0.25) is 0 Å². The zero-order valence-electron chi connectivity index (χ0n) is 34.2. The molecule has 0 aliphatic carbocycles. The third-order valence-corrected chi connectivity index (χ3v) is 7.78. The molecule has 1 aromatic heterocycles. The summed E-state index contributed by atoms with van der Waals surface area (Å²) in [6, 6.07) is 8.43. The fourth-order valence-corrected chi connectivity index (χ4v) is 4.60. The van der Waals surface area contributed by atoms with E-state index in [0.29, 0.717) is 170 Å². The normalized spacial score (nSPS) is 11.8. The minimum absolute atomic E-state index is 0.472. The van der Waals surface area contributed by atoms with E-state index in [1.165, 1.54) is 5.56 Å². The molecule has 0 radical (unpaired) electrons. The van der Waals surface area contributed by atoms with Gasteiger partial charge in [-0.3, -0.25) is 0 Å². The topological polar surface area (TPSA) is 141 Å². The van der Waals surface area contributed by atoms with Crippen LogP contribution in [0.4, 0.5) is 0 Å². The van der Waals surface area contributed by atoms with Crippen molar-refractivity contribution >= 4 is 0 Å². The van der Waals surface area contributed by atoms with Crippen molar-refractivity contribution in [1.29, 1.82) is 0 Å². The second kappa shape index (κ2) is 36.2. The van der Waals surface area contributed by atoms with Gasteiger partial charge in [0.25, 0.3) is 0 Å². The first-order chi connectivity index (χ1) is 27.1. The first-order valence-electron chi connectivity index (χ1n) is 20.0. The molecule has 0 atom stereocenters. The van der Waals surface area contributed by atoms with Crippen LogP contribution in [0.15, 0.2) is 30.5 Å². The Morgan fingerprint density at radius 1 is 0.455 bits per heavy atom. The van der Waals surface area contributed by atoms with Crippen LogP contribution in [-0.4, -0.2) is 174 Å². The van der Waals surface area contributed by atoms with Crippen LogP contribution >= 0.6 is 0 Å². The van der Waals surface area contributed by atoms with Crippen LogP contribution in [0.25, 0.3) is 11.3 Å². The maximum absolute atomic E-state index is 5.66. The van der Waals surface area contributed by atoms with Gasteiger partial charge >= 0.3 is 0 Å². The van der Waals surface area contributed by atoms with Gasteiger partial charge in [0.05, 0.1) is 165 Å². The molecule has 2 aromatic rings. The highest BCUT2D eigenvalue weighted by atomic mass is 16.6. The molecule has 55 heavy (non-hydrogen) atoms. The molecular formula is C40H71N3O12. The Balaban J connectivity index is 1.18. The number of benzene rings is 1. The monoisotopic (exact) mass is 786 g/mol. The quantitative estimate of drug-likeness (QED) is 0.0885. The maximum Gasteiger partial charge on any atom is 0.113 e. The molecule has 0 saturated carbocycles. The summed E-state index contributed by atoms with van der Waals surface area (Å²) >= 11 is 0. The van der Waals surface area contributed by atoms with Gasteiger partial charge in [0, 0.05) is 12.2 Å². The molecule has 0 aliphatic heterocycles. The number of ether oxygens (including phenoxy) is 12. The lowest BCUT2D eigenvalue weighted by molar-refractivity contribution is -0.0284. The van der Waals surface area contributed by atoms with E-state index in [1.807, 2.05) is 6.20 Å². The van der Waals surface area contributed by atoms with Gasteiger partial charge in [0.1, 0.15) is 5.69 Å². The molecule has 0 spiro atoms. The van der Waals surface area contributed by atoms with Crippen molar-refractivity contribution in [3.63, 3.8) is 0 Å². The average molecular weight is 786 g/mol. The Morgan fingerprint density at radius 2 is 0.800 bits per heavy atom. The third kappa shape index (κ3) is 29.7. The van der Waals surface area contributed by atoms with Gasteiger partial charge in [-0.05, 0) is 29.9 Å². The van der Waals surface area contributed by atoms with Crippen LogP contribution in [0.2, 0.25) is 0 Å². The zero-order chi connectivity index (χ0) is 39.3. The summed E-state index contributed by atoms with van der Waals surface area (Å²) in [4.78, 5) is 0. The average Bonchev–Trinajstić information content (AvgIpc) is 3.66. The Hall–Kier alpha value is -2.12. The van der Waals surface area contributed by atoms with Gasteiger partial charge < -0.3 is 56.8 Å². The van der Waals surface area contributed by atoms with Gasteiger partial charge in [-0.2, -0.15) is 0 Å². The predicted octanol–water partition coefficient (Wildman–Crippen LogP) is 4.31. The maximum atomic E-state index is 5.66. The molecular weight excluding hydrogens is 714 g/mol. The molecule has 1 heterocycles. The molecule has 318 valence electrons. The highest BCUT2D eigenvalue weighted by molar-refractivity contribution is 5.58. The van der Waals surface area contributed by atoms with E-state index < -0.39 is 0 Å². The van der Waals surface area contributed by atoms with E-state index in [1.54, 1.807) is 4.68 Å². The fourth-order valence-electron chi connectivity index (χ4n) is 4.60. The van der Waals surface area contributed by atoms with E-state index >= 15 is 0 Å². The highest BCUT2D eigenvalue weighted by Crippen LogP contribution is 2.22. The Morgan fingerprint density at radius 3 is 1.15 bits per heavy atom. The molecule has 1 aromatic carbocycles. The van der Waals surface area contributed by atoms with Gasteiger partial charge in [0.15, 0.2) is 0 Å². The molecule has 0 saturated heterocycles. The van der Waals surface area contributed by atoms with Crippen LogP contribution in [0.1, 0.15) is 45.6 Å². The molecule has 0 fully saturated rings. The number of hydrogen-bond donors (Lipinski definition) is 0. The summed E-state index contributed by atoms with van der Waals surface area (Å²) in [5, 5.41) is 8.52. The van der Waals surface area contributed by atoms with E-state index in [-0.39, 0.29) is 0 Å². The van der Waals surface area contributed by atoms with Crippen molar-refractivity contribution in [2.24, 2.45) is 5.92 Å². The molecule has 15 nitrogen and oxygen atoms in total. The molecule has 0 N–H and O–H groups in total. The lowest BCUT2D eigenvalue weighted by Crippen LogP contribution is -2.15. The van der Waals surface area contributed by atoms with Crippen LogP contribution in [-0.2, 0) is 63.4 Å². The second-order valence-electron chi connectivity index (χ2n) is 13.2. The van der Waals surface area contributed by atoms with Gasteiger partial charge in [-0.1, -0.05) is 51.1 Å². The zero-order valence-corrected chi connectivity index (χ0v) is 34.2. The first kappa shape index (κ1) is 49.0. The van der Waals surface area contributed by atoms with E-state index in [4.69, 9.17) is 56.8 Å². The van der Waals surface area contributed by atoms with Crippen LogP contribution in [0.3, 0.4) is 0 Å². The number of nitrogens with zero attached hydrogens (tertiary/aromatic N) is 3. The third-order valence-electron chi connectivity index (χ3n) is 7.78. The van der Waals surface area contributed by atoms with Crippen molar-refractivity contribution in [3.05, 3.63) is 36.0 Å². The lowest BCUT2D eigenvalue weighted by atomic mass is 10.00. The van der Waals surface area contributed by atoms with Crippen molar-refractivity contribution in [1.82, 2.24) is 15.0 Å². The summed E-state index contributed by atoms with van der Waals surface area (Å²) in [6.07, 6.45) is 3.03. The summed E-state index contributed by atoms with van der Waals surface area (Å²) in [5.74, 6) is 1.14. The van der Waals surface area contributed by atoms with Crippen LogP contribution in [0.5, 0.6) is 0 Å². The minimum Gasteiger partial charge on any atom is -0.379 e. The largest absolute Gasteiger partial charge is 0.379 e. The Labute approximate surface area is 329 Å². The second-order valence-corrected chi connectivity index (χ2v) is 13.2.